The molecule has 13 heavy (non-hydrogen) atoms. The van der Waals surface area contributed by atoms with Crippen molar-refractivity contribution in [3.63, 3.8) is 0 Å². The Balaban J connectivity index is 2.15. The van der Waals surface area contributed by atoms with E-state index < -0.39 is 0 Å². The summed E-state index contributed by atoms with van der Waals surface area (Å²) in [4.78, 5) is 8.09. The normalized spacial score (nSPS) is 10.2. The minimum absolute atomic E-state index is 0.399. The predicted molar refractivity (Wildman–Crippen MR) is 45.6 cm³/mol. The van der Waals surface area contributed by atoms with Gasteiger partial charge in [0, 0.05) is 12.4 Å². The van der Waals surface area contributed by atoms with E-state index in [-0.39, 0.29) is 0 Å². The molecule has 0 amide bonds. The Morgan fingerprint density at radius 3 is 2.69 bits per heavy atom. The number of hydrogen-bond acceptors (Lipinski definition) is 5. The summed E-state index contributed by atoms with van der Waals surface area (Å²) in [6.07, 6.45) is 5.00. The van der Waals surface area contributed by atoms with Gasteiger partial charge in [0.25, 0.3) is 0 Å². The molecule has 66 valence electrons. The van der Waals surface area contributed by atoms with Gasteiger partial charge in [-0.3, -0.25) is 0 Å². The van der Waals surface area contributed by atoms with Gasteiger partial charge in [0.05, 0.1) is 6.20 Å². The van der Waals surface area contributed by atoms with E-state index in [2.05, 4.69) is 20.3 Å². The Labute approximate surface area is 74.4 Å². The minimum Gasteiger partial charge on any atom is -0.381 e. The maximum absolute atomic E-state index is 5.40. The molecule has 0 unspecified atom stereocenters. The first-order valence-electron chi connectivity index (χ1n) is 3.76. The maximum atomic E-state index is 5.40. The molecule has 2 N–H and O–H groups in total. The molecule has 0 aliphatic heterocycles. The van der Waals surface area contributed by atoms with Gasteiger partial charge in [-0.1, -0.05) is 5.21 Å². The first-order valence-corrected chi connectivity index (χ1v) is 3.76. The van der Waals surface area contributed by atoms with Crippen LogP contribution in [-0.2, 0) is 6.54 Å². The molecule has 0 aliphatic rings. The largest absolute Gasteiger partial charge is 0.381 e. The summed E-state index contributed by atoms with van der Waals surface area (Å²) >= 11 is 0. The third kappa shape index (κ3) is 1.78. The fourth-order valence-electron chi connectivity index (χ4n) is 0.947. The Morgan fingerprint density at radius 2 is 2.08 bits per heavy atom. The van der Waals surface area contributed by atoms with Crippen LogP contribution in [0.3, 0.4) is 0 Å². The van der Waals surface area contributed by atoms with Crippen LogP contribution in [0.25, 0.3) is 0 Å². The summed E-state index contributed by atoms with van der Waals surface area (Å²) in [5.41, 5.74) is 5.40. The van der Waals surface area contributed by atoms with E-state index in [0.29, 0.717) is 18.2 Å². The zero-order valence-electron chi connectivity index (χ0n) is 6.83. The van der Waals surface area contributed by atoms with Crippen LogP contribution >= 0.6 is 0 Å². The van der Waals surface area contributed by atoms with Crippen molar-refractivity contribution in [1.82, 2.24) is 25.0 Å². The first-order chi connectivity index (χ1) is 6.34. The molecule has 0 aromatic carbocycles. The molecule has 0 aliphatic carbocycles. The second-order valence-corrected chi connectivity index (χ2v) is 2.51. The molecule has 0 bridgehead atoms. The van der Waals surface area contributed by atoms with E-state index >= 15 is 0 Å². The van der Waals surface area contributed by atoms with Gasteiger partial charge in [-0.2, -0.15) is 0 Å². The lowest BCUT2D eigenvalue weighted by molar-refractivity contribution is 0.624. The highest BCUT2D eigenvalue weighted by Gasteiger charge is 1.98. The van der Waals surface area contributed by atoms with Gasteiger partial charge in [0.2, 0.25) is 0 Å². The third-order valence-corrected chi connectivity index (χ3v) is 1.48. The highest BCUT2D eigenvalue weighted by Crippen LogP contribution is 1.96. The number of nitrogen functional groups attached to an aromatic ring is 1. The Kier molecular flexibility index (Phi) is 1.87. The fourth-order valence-corrected chi connectivity index (χ4v) is 0.947. The van der Waals surface area contributed by atoms with Gasteiger partial charge < -0.3 is 5.73 Å². The average molecular weight is 176 g/mol. The summed E-state index contributed by atoms with van der Waals surface area (Å²) in [5.74, 6) is 1.09. The molecule has 6 heteroatoms. The smallest absolute Gasteiger partial charge is 0.165 e. The second-order valence-electron chi connectivity index (χ2n) is 2.51. The molecular formula is C7H8N6. The Hall–Kier alpha value is -1.98. The molecule has 2 aromatic heterocycles. The molecule has 0 atom stereocenters. The molecule has 6 nitrogen and oxygen atoms in total. The molecule has 2 aromatic rings. The van der Waals surface area contributed by atoms with Crippen LogP contribution in [0.1, 0.15) is 5.82 Å². The number of rotatable bonds is 2. The molecular weight excluding hydrogens is 168 g/mol. The van der Waals surface area contributed by atoms with Gasteiger partial charge in [-0.25, -0.2) is 14.6 Å². The van der Waals surface area contributed by atoms with Gasteiger partial charge in [-0.05, 0) is 6.07 Å². The van der Waals surface area contributed by atoms with E-state index in [4.69, 9.17) is 5.73 Å². The van der Waals surface area contributed by atoms with Crippen LogP contribution < -0.4 is 5.73 Å². The van der Waals surface area contributed by atoms with E-state index in [9.17, 15) is 0 Å². The van der Waals surface area contributed by atoms with Gasteiger partial charge >= 0.3 is 0 Å². The Morgan fingerprint density at radius 1 is 1.31 bits per heavy atom. The molecule has 2 rings (SSSR count). The Bertz CT molecular complexity index is 381. The molecule has 0 spiro atoms. The second kappa shape index (κ2) is 3.18. The average Bonchev–Trinajstić information content (AvgIpc) is 2.53. The van der Waals surface area contributed by atoms with Crippen LogP contribution in [0.4, 0.5) is 5.82 Å². The fraction of sp³-hybridized carbons (Fsp3) is 0.143. The number of hydrogen-bond donors (Lipinski definition) is 1. The van der Waals surface area contributed by atoms with Crippen LogP contribution in [-0.4, -0.2) is 25.0 Å². The summed E-state index contributed by atoms with van der Waals surface area (Å²) in [6.45, 7) is 0.491. The van der Waals surface area contributed by atoms with Crippen molar-refractivity contribution in [1.29, 1.82) is 0 Å². The lowest BCUT2D eigenvalue weighted by atomic mass is 10.5. The van der Waals surface area contributed by atoms with Crippen molar-refractivity contribution >= 4 is 5.82 Å². The maximum Gasteiger partial charge on any atom is 0.165 e. The molecule has 2 heterocycles. The minimum atomic E-state index is 0.399. The lowest BCUT2D eigenvalue weighted by Crippen LogP contribution is -2.04. The zero-order valence-corrected chi connectivity index (χ0v) is 6.83. The van der Waals surface area contributed by atoms with Crippen molar-refractivity contribution in [3.05, 3.63) is 30.5 Å². The SMILES string of the molecule is Nc1cn(Cc2ncccn2)nn1. The van der Waals surface area contributed by atoms with Crippen LogP contribution in [0.5, 0.6) is 0 Å². The van der Waals surface area contributed by atoms with E-state index in [1.54, 1.807) is 29.3 Å². The van der Waals surface area contributed by atoms with Gasteiger partial charge in [0.15, 0.2) is 5.82 Å². The predicted octanol–water partition coefficient (Wildman–Crippen LogP) is -0.301. The van der Waals surface area contributed by atoms with Crippen molar-refractivity contribution in [2.24, 2.45) is 0 Å². The number of aromatic nitrogens is 5. The molecule has 0 saturated carbocycles. The number of nitrogens with two attached hydrogens (primary N) is 1. The van der Waals surface area contributed by atoms with E-state index in [1.165, 1.54) is 0 Å². The van der Waals surface area contributed by atoms with E-state index in [1.807, 2.05) is 0 Å². The van der Waals surface area contributed by atoms with Crippen molar-refractivity contribution in [3.8, 4) is 0 Å². The highest BCUT2D eigenvalue weighted by molar-refractivity contribution is 5.20. The summed E-state index contributed by atoms with van der Waals surface area (Å²) in [7, 11) is 0. The zero-order chi connectivity index (χ0) is 9.10. The van der Waals surface area contributed by atoms with Crippen molar-refractivity contribution < 1.29 is 0 Å². The topological polar surface area (TPSA) is 82.5 Å². The van der Waals surface area contributed by atoms with Crippen LogP contribution in [0, 0.1) is 0 Å². The monoisotopic (exact) mass is 176 g/mol. The molecule has 0 saturated heterocycles. The first kappa shape index (κ1) is 7.66. The van der Waals surface area contributed by atoms with Crippen LogP contribution in [0.2, 0.25) is 0 Å². The molecule has 0 radical (unpaired) electrons. The van der Waals surface area contributed by atoms with Crippen LogP contribution in [0.15, 0.2) is 24.7 Å². The highest BCUT2D eigenvalue weighted by atomic mass is 15.4. The summed E-state index contributed by atoms with van der Waals surface area (Å²) in [6, 6.07) is 1.76. The van der Waals surface area contributed by atoms with Crippen molar-refractivity contribution in [2.45, 2.75) is 6.54 Å². The third-order valence-electron chi connectivity index (χ3n) is 1.48. The standard InChI is InChI=1S/C7H8N6/c8-6-4-13(12-11-6)5-7-9-2-1-3-10-7/h1-4H,5,8H2. The summed E-state index contributed by atoms with van der Waals surface area (Å²) in [5, 5.41) is 7.42. The quantitative estimate of drug-likeness (QED) is 0.679. The van der Waals surface area contributed by atoms with Gasteiger partial charge in [0.1, 0.15) is 12.4 Å². The molecule has 0 fully saturated rings. The number of anilines is 1. The van der Waals surface area contributed by atoms with E-state index in [0.717, 1.165) is 0 Å². The number of nitrogens with zero attached hydrogens (tertiary/aromatic N) is 5. The van der Waals surface area contributed by atoms with Gasteiger partial charge in [-0.15, -0.1) is 5.10 Å². The lowest BCUT2D eigenvalue weighted by Gasteiger charge is -1.96. The summed E-state index contributed by atoms with van der Waals surface area (Å²) < 4.78 is 1.59. The van der Waals surface area contributed by atoms with Crippen molar-refractivity contribution in [2.75, 3.05) is 5.73 Å².